The first-order chi connectivity index (χ1) is 6.76. The summed E-state index contributed by atoms with van der Waals surface area (Å²) in [6, 6.07) is 0. The minimum atomic E-state index is 0.566. The standard InChI is InChI=1S/C15H30/c1-12(2)8-9-13-14(3,4)10-7-11-15(13,5)6/h12-13H,7-11H2,1-6H3. The molecule has 0 aromatic rings. The van der Waals surface area contributed by atoms with Crippen LogP contribution in [0.4, 0.5) is 0 Å². The first-order valence-corrected chi connectivity index (χ1v) is 6.76. The molecule has 1 rings (SSSR count). The van der Waals surface area contributed by atoms with Crippen LogP contribution in [0.3, 0.4) is 0 Å². The van der Waals surface area contributed by atoms with Gasteiger partial charge in [0, 0.05) is 0 Å². The van der Waals surface area contributed by atoms with E-state index >= 15 is 0 Å². The Labute approximate surface area is 96.8 Å². The van der Waals surface area contributed by atoms with E-state index in [-0.39, 0.29) is 0 Å². The molecule has 0 unspecified atom stereocenters. The number of hydrogen-bond acceptors (Lipinski definition) is 0. The van der Waals surface area contributed by atoms with Crippen LogP contribution in [0, 0.1) is 22.7 Å². The van der Waals surface area contributed by atoms with Gasteiger partial charge in [0.1, 0.15) is 0 Å². The van der Waals surface area contributed by atoms with Crippen molar-refractivity contribution in [2.45, 2.75) is 73.6 Å². The molecule has 15 heavy (non-hydrogen) atoms. The Morgan fingerprint density at radius 2 is 1.47 bits per heavy atom. The van der Waals surface area contributed by atoms with E-state index in [2.05, 4.69) is 41.5 Å². The zero-order valence-corrected chi connectivity index (χ0v) is 11.7. The van der Waals surface area contributed by atoms with Crippen molar-refractivity contribution in [2.24, 2.45) is 22.7 Å². The molecule has 0 bridgehead atoms. The normalized spacial score (nSPS) is 25.8. The van der Waals surface area contributed by atoms with E-state index in [1.54, 1.807) is 0 Å². The van der Waals surface area contributed by atoms with Crippen LogP contribution in [0.5, 0.6) is 0 Å². The summed E-state index contributed by atoms with van der Waals surface area (Å²) in [5.41, 5.74) is 1.13. The van der Waals surface area contributed by atoms with Crippen molar-refractivity contribution < 1.29 is 0 Å². The highest BCUT2D eigenvalue weighted by Gasteiger charge is 2.42. The smallest absolute Gasteiger partial charge is 0.0311 e. The van der Waals surface area contributed by atoms with Gasteiger partial charge in [-0.15, -0.1) is 0 Å². The van der Waals surface area contributed by atoms with Gasteiger partial charge in [-0.05, 0) is 41.9 Å². The third kappa shape index (κ3) is 3.23. The van der Waals surface area contributed by atoms with E-state index in [9.17, 15) is 0 Å². The Bertz CT molecular complexity index is 182. The summed E-state index contributed by atoms with van der Waals surface area (Å²) in [5, 5.41) is 0. The van der Waals surface area contributed by atoms with E-state index in [1.807, 2.05) is 0 Å². The molecule has 0 nitrogen and oxygen atoms in total. The van der Waals surface area contributed by atoms with Gasteiger partial charge in [0.15, 0.2) is 0 Å². The summed E-state index contributed by atoms with van der Waals surface area (Å²) in [5.74, 6) is 1.78. The minimum Gasteiger partial charge on any atom is -0.0628 e. The van der Waals surface area contributed by atoms with Crippen molar-refractivity contribution in [1.82, 2.24) is 0 Å². The largest absolute Gasteiger partial charge is 0.0628 e. The van der Waals surface area contributed by atoms with Gasteiger partial charge in [0.25, 0.3) is 0 Å². The van der Waals surface area contributed by atoms with Crippen LogP contribution in [0.2, 0.25) is 0 Å². The lowest BCUT2D eigenvalue weighted by molar-refractivity contribution is 0.00523. The van der Waals surface area contributed by atoms with Crippen molar-refractivity contribution >= 4 is 0 Å². The maximum atomic E-state index is 2.49. The molecule has 0 heteroatoms. The molecule has 0 amide bonds. The fourth-order valence-corrected chi connectivity index (χ4v) is 3.69. The Morgan fingerprint density at radius 1 is 1.00 bits per heavy atom. The second-order valence-corrected chi connectivity index (χ2v) is 7.35. The van der Waals surface area contributed by atoms with Gasteiger partial charge >= 0.3 is 0 Å². The second-order valence-electron chi connectivity index (χ2n) is 7.35. The van der Waals surface area contributed by atoms with Crippen LogP contribution in [0.1, 0.15) is 73.6 Å². The average Bonchev–Trinajstić information content (AvgIpc) is 1.99. The zero-order valence-electron chi connectivity index (χ0n) is 11.7. The van der Waals surface area contributed by atoms with Crippen molar-refractivity contribution in [3.63, 3.8) is 0 Å². The van der Waals surface area contributed by atoms with Crippen molar-refractivity contribution in [1.29, 1.82) is 0 Å². The first kappa shape index (κ1) is 13.1. The molecule has 1 saturated carbocycles. The van der Waals surface area contributed by atoms with E-state index in [4.69, 9.17) is 0 Å². The van der Waals surface area contributed by atoms with E-state index in [0.717, 1.165) is 11.8 Å². The molecule has 0 aromatic heterocycles. The van der Waals surface area contributed by atoms with Crippen LogP contribution in [0.15, 0.2) is 0 Å². The second kappa shape index (κ2) is 4.47. The molecule has 1 aliphatic rings. The molecule has 1 aliphatic carbocycles. The minimum absolute atomic E-state index is 0.566. The van der Waals surface area contributed by atoms with Crippen LogP contribution < -0.4 is 0 Å². The lowest BCUT2D eigenvalue weighted by Crippen LogP contribution is -2.40. The molecule has 90 valence electrons. The molecule has 0 N–H and O–H groups in total. The third-order valence-electron chi connectivity index (χ3n) is 4.56. The quantitative estimate of drug-likeness (QED) is 0.595. The summed E-state index contributed by atoms with van der Waals surface area (Å²) in [4.78, 5) is 0. The number of rotatable bonds is 3. The molecule has 0 saturated heterocycles. The molecular weight excluding hydrogens is 180 g/mol. The van der Waals surface area contributed by atoms with Gasteiger partial charge in [-0.3, -0.25) is 0 Å². The van der Waals surface area contributed by atoms with E-state index in [1.165, 1.54) is 32.1 Å². The highest BCUT2D eigenvalue weighted by molar-refractivity contribution is 4.93. The van der Waals surface area contributed by atoms with E-state index < -0.39 is 0 Å². The average molecular weight is 210 g/mol. The van der Waals surface area contributed by atoms with Gasteiger partial charge in [-0.25, -0.2) is 0 Å². The molecular formula is C15H30. The Kier molecular flexibility index (Phi) is 3.90. The predicted molar refractivity (Wildman–Crippen MR) is 69.0 cm³/mol. The summed E-state index contributed by atoms with van der Waals surface area (Å²) >= 11 is 0. The van der Waals surface area contributed by atoms with E-state index in [0.29, 0.717) is 10.8 Å². The lowest BCUT2D eigenvalue weighted by Gasteiger charge is -2.50. The zero-order chi connectivity index (χ0) is 11.7. The van der Waals surface area contributed by atoms with Gasteiger partial charge in [0.2, 0.25) is 0 Å². The fourth-order valence-electron chi connectivity index (χ4n) is 3.69. The highest BCUT2D eigenvalue weighted by atomic mass is 14.5. The maximum Gasteiger partial charge on any atom is -0.0311 e. The van der Waals surface area contributed by atoms with Gasteiger partial charge in [-0.2, -0.15) is 0 Å². The highest BCUT2D eigenvalue weighted by Crippen LogP contribution is 2.52. The molecule has 0 spiro atoms. The first-order valence-electron chi connectivity index (χ1n) is 6.76. The van der Waals surface area contributed by atoms with Crippen molar-refractivity contribution in [3.8, 4) is 0 Å². The lowest BCUT2D eigenvalue weighted by atomic mass is 9.56. The number of hydrogen-bond donors (Lipinski definition) is 0. The van der Waals surface area contributed by atoms with Crippen LogP contribution in [0.25, 0.3) is 0 Å². The Morgan fingerprint density at radius 3 is 1.87 bits per heavy atom. The van der Waals surface area contributed by atoms with Crippen LogP contribution in [-0.2, 0) is 0 Å². The molecule has 0 radical (unpaired) electrons. The maximum absolute atomic E-state index is 2.49. The molecule has 0 atom stereocenters. The SMILES string of the molecule is CC(C)CCC1C(C)(C)CCCC1(C)C. The fraction of sp³-hybridized carbons (Fsp3) is 1.00. The summed E-state index contributed by atoms with van der Waals surface area (Å²) < 4.78 is 0. The van der Waals surface area contributed by atoms with Crippen molar-refractivity contribution in [2.75, 3.05) is 0 Å². The Hall–Kier alpha value is 0. The summed E-state index contributed by atoms with van der Waals surface area (Å²) in [7, 11) is 0. The van der Waals surface area contributed by atoms with Crippen LogP contribution >= 0.6 is 0 Å². The molecule has 0 heterocycles. The monoisotopic (exact) mass is 210 g/mol. The van der Waals surface area contributed by atoms with Crippen LogP contribution in [-0.4, -0.2) is 0 Å². The molecule has 0 aliphatic heterocycles. The summed E-state index contributed by atoms with van der Waals surface area (Å²) in [6.45, 7) is 14.6. The van der Waals surface area contributed by atoms with Gasteiger partial charge < -0.3 is 0 Å². The van der Waals surface area contributed by atoms with Crippen molar-refractivity contribution in [3.05, 3.63) is 0 Å². The van der Waals surface area contributed by atoms with Gasteiger partial charge in [-0.1, -0.05) is 54.4 Å². The topological polar surface area (TPSA) is 0 Å². The third-order valence-corrected chi connectivity index (χ3v) is 4.56. The van der Waals surface area contributed by atoms with Gasteiger partial charge in [0.05, 0.1) is 0 Å². The molecule has 1 fully saturated rings. The summed E-state index contributed by atoms with van der Waals surface area (Å²) in [6.07, 6.45) is 7.12. The predicted octanol–water partition coefficient (Wildman–Crippen LogP) is 5.28. The molecule has 0 aromatic carbocycles. The Balaban J connectivity index is 2.68.